The van der Waals surface area contributed by atoms with E-state index in [1.165, 1.54) is 59.8 Å². The number of para-hydroxylation sites is 1. The molecule has 11 aromatic carbocycles. The Morgan fingerprint density at radius 3 is 1.28 bits per heavy atom. The predicted octanol–water partition coefficient (Wildman–Crippen LogP) is 16.7. The Balaban J connectivity index is 0.977. The van der Waals surface area contributed by atoms with Crippen LogP contribution in [0.1, 0.15) is 0 Å². The number of anilines is 3. The van der Waals surface area contributed by atoms with Gasteiger partial charge in [0, 0.05) is 16.8 Å². The average molecular weight is 764 g/mol. The Labute approximate surface area is 347 Å². The second kappa shape index (κ2) is 13.9. The minimum atomic E-state index is 0.865. The van der Waals surface area contributed by atoms with E-state index in [0.717, 1.165) is 55.7 Å². The molecular formula is C58H37NO. The molecule has 0 N–H and O–H groups in total. The molecule has 0 aliphatic rings. The summed E-state index contributed by atoms with van der Waals surface area (Å²) in [5.41, 5.74) is 12.0. The molecule has 280 valence electrons. The highest BCUT2D eigenvalue weighted by Gasteiger charge is 2.20. The first kappa shape index (κ1) is 34.1. The van der Waals surface area contributed by atoms with Crippen LogP contribution in [0.5, 0.6) is 0 Å². The summed E-state index contributed by atoms with van der Waals surface area (Å²) in [6.07, 6.45) is 0. The lowest BCUT2D eigenvalue weighted by Crippen LogP contribution is -2.10. The number of fused-ring (bicyclic) bond motifs is 9. The van der Waals surface area contributed by atoms with E-state index in [-0.39, 0.29) is 0 Å². The molecule has 1 heterocycles. The average Bonchev–Trinajstić information content (AvgIpc) is 3.71. The van der Waals surface area contributed by atoms with E-state index < -0.39 is 0 Å². The molecule has 2 nitrogen and oxygen atoms in total. The van der Waals surface area contributed by atoms with Crippen LogP contribution in [0.15, 0.2) is 229 Å². The third-order valence-electron chi connectivity index (χ3n) is 12.2. The molecule has 0 saturated heterocycles. The first-order valence-electron chi connectivity index (χ1n) is 20.6. The molecule has 12 aromatic rings. The van der Waals surface area contributed by atoms with Crippen molar-refractivity contribution in [2.45, 2.75) is 0 Å². The molecule has 0 radical (unpaired) electrons. The van der Waals surface area contributed by atoms with Crippen LogP contribution in [0.2, 0.25) is 0 Å². The normalized spacial score (nSPS) is 11.7. The van der Waals surface area contributed by atoms with Gasteiger partial charge in [0.2, 0.25) is 0 Å². The van der Waals surface area contributed by atoms with Crippen molar-refractivity contribution in [3.63, 3.8) is 0 Å². The van der Waals surface area contributed by atoms with Crippen molar-refractivity contribution in [3.05, 3.63) is 224 Å². The zero-order valence-corrected chi connectivity index (χ0v) is 32.7. The van der Waals surface area contributed by atoms with Crippen LogP contribution in [0, 0.1) is 0 Å². The van der Waals surface area contributed by atoms with Crippen LogP contribution in [0.3, 0.4) is 0 Å². The summed E-state index contributed by atoms with van der Waals surface area (Å²) >= 11 is 0. The molecule has 0 saturated carbocycles. The fourth-order valence-corrected chi connectivity index (χ4v) is 9.24. The SMILES string of the molecule is c1cc(-c2ccc(-c3ccc4ccc5ccccc5c4c3)cc2)cc(N(c2cccc(-c3ccc4ccc5ccccc5c4c3)c2)c2cccc3oc4ccccc4c23)c1. The van der Waals surface area contributed by atoms with E-state index in [1.807, 2.05) is 6.07 Å². The van der Waals surface area contributed by atoms with Gasteiger partial charge in [-0.1, -0.05) is 170 Å². The zero-order valence-electron chi connectivity index (χ0n) is 32.7. The fourth-order valence-electron chi connectivity index (χ4n) is 9.24. The highest BCUT2D eigenvalue weighted by atomic mass is 16.3. The lowest BCUT2D eigenvalue weighted by Gasteiger charge is -2.27. The summed E-state index contributed by atoms with van der Waals surface area (Å²) in [5.74, 6) is 0. The van der Waals surface area contributed by atoms with E-state index in [4.69, 9.17) is 4.42 Å². The smallest absolute Gasteiger partial charge is 0.137 e. The Bertz CT molecular complexity index is 3610. The number of rotatable bonds is 6. The lowest BCUT2D eigenvalue weighted by molar-refractivity contribution is 0.669. The maximum absolute atomic E-state index is 6.44. The number of nitrogens with zero attached hydrogens (tertiary/aromatic N) is 1. The van der Waals surface area contributed by atoms with Crippen LogP contribution in [0.4, 0.5) is 17.1 Å². The number of hydrogen-bond acceptors (Lipinski definition) is 2. The van der Waals surface area contributed by atoms with Crippen LogP contribution in [-0.4, -0.2) is 0 Å². The van der Waals surface area contributed by atoms with Crippen LogP contribution in [0.25, 0.3) is 98.4 Å². The van der Waals surface area contributed by atoms with Crippen molar-refractivity contribution in [3.8, 4) is 33.4 Å². The third-order valence-corrected chi connectivity index (χ3v) is 12.2. The van der Waals surface area contributed by atoms with Gasteiger partial charge in [0.1, 0.15) is 11.2 Å². The van der Waals surface area contributed by atoms with Gasteiger partial charge >= 0.3 is 0 Å². The summed E-state index contributed by atoms with van der Waals surface area (Å²) < 4.78 is 6.44. The molecule has 0 fully saturated rings. The summed E-state index contributed by atoms with van der Waals surface area (Å²) in [7, 11) is 0. The topological polar surface area (TPSA) is 16.4 Å². The minimum Gasteiger partial charge on any atom is -0.456 e. The van der Waals surface area contributed by atoms with Gasteiger partial charge in [-0.25, -0.2) is 0 Å². The van der Waals surface area contributed by atoms with E-state index in [2.05, 4.69) is 223 Å². The van der Waals surface area contributed by atoms with Gasteiger partial charge in [0.25, 0.3) is 0 Å². The Morgan fingerprint density at radius 2 is 0.683 bits per heavy atom. The minimum absolute atomic E-state index is 0.865. The summed E-state index contributed by atoms with van der Waals surface area (Å²) in [6.45, 7) is 0. The lowest BCUT2D eigenvalue weighted by atomic mass is 9.95. The molecule has 0 aliphatic heterocycles. The second-order valence-electron chi connectivity index (χ2n) is 15.7. The molecule has 12 rings (SSSR count). The van der Waals surface area contributed by atoms with Gasteiger partial charge in [-0.2, -0.15) is 0 Å². The molecule has 0 unspecified atom stereocenters. The number of benzene rings is 11. The first-order chi connectivity index (χ1) is 29.7. The van der Waals surface area contributed by atoms with Crippen LogP contribution >= 0.6 is 0 Å². The molecule has 0 spiro atoms. The van der Waals surface area contributed by atoms with Crippen LogP contribution < -0.4 is 4.90 Å². The van der Waals surface area contributed by atoms with Gasteiger partial charge in [0.05, 0.1) is 11.1 Å². The number of hydrogen-bond donors (Lipinski definition) is 0. The largest absolute Gasteiger partial charge is 0.456 e. The summed E-state index contributed by atoms with van der Waals surface area (Å²) in [6, 6.07) is 81.4. The van der Waals surface area contributed by atoms with E-state index in [1.54, 1.807) is 0 Å². The highest BCUT2D eigenvalue weighted by Crippen LogP contribution is 2.45. The van der Waals surface area contributed by atoms with Crippen molar-refractivity contribution < 1.29 is 4.42 Å². The predicted molar refractivity (Wildman–Crippen MR) is 255 cm³/mol. The quantitative estimate of drug-likeness (QED) is 0.157. The summed E-state index contributed by atoms with van der Waals surface area (Å²) in [5, 5.41) is 12.3. The summed E-state index contributed by atoms with van der Waals surface area (Å²) in [4.78, 5) is 2.39. The van der Waals surface area contributed by atoms with E-state index >= 15 is 0 Å². The molecule has 0 atom stereocenters. The Morgan fingerprint density at radius 1 is 0.267 bits per heavy atom. The molecule has 0 amide bonds. The van der Waals surface area contributed by atoms with Crippen molar-refractivity contribution >= 4 is 82.1 Å². The van der Waals surface area contributed by atoms with Gasteiger partial charge in [0.15, 0.2) is 0 Å². The van der Waals surface area contributed by atoms with Crippen molar-refractivity contribution in [1.29, 1.82) is 0 Å². The zero-order chi connectivity index (χ0) is 39.6. The molecule has 60 heavy (non-hydrogen) atoms. The standard InChI is InChI=1S/C58H37NO/c1-3-16-50-40(10-1)26-28-42-30-32-46(36-53(42)50)39-24-22-38(23-25-39)44-12-7-14-48(34-44)59(55-19-9-21-57-58(55)52-18-5-6-20-56(52)60-57)49-15-8-13-45(35-49)47-33-31-43-29-27-41-11-2-4-17-51(41)54(43)37-47/h1-37H. The Kier molecular flexibility index (Phi) is 7.89. The fraction of sp³-hybridized carbons (Fsp3) is 0. The van der Waals surface area contributed by atoms with Crippen molar-refractivity contribution in [2.24, 2.45) is 0 Å². The van der Waals surface area contributed by atoms with Gasteiger partial charge in [-0.15, -0.1) is 0 Å². The van der Waals surface area contributed by atoms with E-state index in [9.17, 15) is 0 Å². The van der Waals surface area contributed by atoms with Gasteiger partial charge in [-0.05, 0) is 131 Å². The molecule has 0 aliphatic carbocycles. The molecule has 1 aromatic heterocycles. The third kappa shape index (κ3) is 5.73. The maximum Gasteiger partial charge on any atom is 0.137 e. The maximum atomic E-state index is 6.44. The van der Waals surface area contributed by atoms with Crippen LogP contribution in [-0.2, 0) is 0 Å². The van der Waals surface area contributed by atoms with Gasteiger partial charge in [-0.3, -0.25) is 0 Å². The number of furan rings is 1. The second-order valence-corrected chi connectivity index (χ2v) is 15.7. The monoisotopic (exact) mass is 763 g/mol. The first-order valence-corrected chi connectivity index (χ1v) is 20.6. The van der Waals surface area contributed by atoms with Gasteiger partial charge < -0.3 is 9.32 Å². The molecule has 2 heteroatoms. The Hall–Kier alpha value is -7.94. The molecular weight excluding hydrogens is 727 g/mol. The van der Waals surface area contributed by atoms with Crippen molar-refractivity contribution in [2.75, 3.05) is 4.90 Å². The highest BCUT2D eigenvalue weighted by molar-refractivity contribution is 6.14. The molecule has 0 bridgehead atoms. The van der Waals surface area contributed by atoms with Crippen molar-refractivity contribution in [1.82, 2.24) is 0 Å². The van der Waals surface area contributed by atoms with E-state index in [0.29, 0.717) is 0 Å².